The second kappa shape index (κ2) is 5.19. The third-order valence-electron chi connectivity index (χ3n) is 4.01. The number of aryl methyl sites for hydroxylation is 1. The fourth-order valence-corrected chi connectivity index (χ4v) is 3.00. The summed E-state index contributed by atoms with van der Waals surface area (Å²) in [5.41, 5.74) is 1.78. The Morgan fingerprint density at radius 1 is 1.36 bits per heavy atom. The second-order valence-electron chi connectivity index (χ2n) is 5.87. The van der Waals surface area contributed by atoms with Gasteiger partial charge in [0.15, 0.2) is 11.6 Å². The van der Waals surface area contributed by atoms with Gasteiger partial charge < -0.3 is 5.32 Å². The minimum atomic E-state index is -0.903. The average Bonchev–Trinajstić information content (AvgIpc) is 2.79. The molecule has 116 valence electrons. The number of rotatable bonds is 2. The number of anilines is 1. The van der Waals surface area contributed by atoms with Crippen molar-refractivity contribution in [3.05, 3.63) is 46.7 Å². The van der Waals surface area contributed by atoms with E-state index in [1.54, 1.807) is 11.7 Å². The fourth-order valence-electron chi connectivity index (χ4n) is 3.00. The third-order valence-corrected chi connectivity index (χ3v) is 4.01. The molecule has 4 nitrogen and oxygen atoms in total. The molecule has 2 aromatic rings. The zero-order valence-electron chi connectivity index (χ0n) is 12.7. The van der Waals surface area contributed by atoms with Crippen LogP contribution in [0.3, 0.4) is 0 Å². The van der Waals surface area contributed by atoms with Crippen LogP contribution >= 0.6 is 0 Å². The van der Waals surface area contributed by atoms with Crippen LogP contribution in [0.1, 0.15) is 48.9 Å². The van der Waals surface area contributed by atoms with Gasteiger partial charge in [0.1, 0.15) is 5.82 Å². The quantitative estimate of drug-likeness (QED) is 0.925. The monoisotopic (exact) mass is 305 g/mol. The number of hydrogen-bond donors (Lipinski definition) is 1. The maximum Gasteiger partial charge on any atom is 0.226 e. The highest BCUT2D eigenvalue weighted by molar-refractivity contribution is 5.94. The maximum atomic E-state index is 14.2. The van der Waals surface area contributed by atoms with E-state index < -0.39 is 17.6 Å². The molecule has 3 rings (SSSR count). The zero-order chi connectivity index (χ0) is 16.0. The topological polar surface area (TPSA) is 46.9 Å². The van der Waals surface area contributed by atoms with Crippen LogP contribution in [0.5, 0.6) is 0 Å². The van der Waals surface area contributed by atoms with Crippen LogP contribution in [0.2, 0.25) is 0 Å². The van der Waals surface area contributed by atoms with Crippen LogP contribution in [0.4, 0.5) is 14.6 Å². The number of carbonyl (C=O) groups excluding carboxylic acids is 1. The van der Waals surface area contributed by atoms with E-state index in [1.807, 2.05) is 13.8 Å². The molecule has 2 heterocycles. The van der Waals surface area contributed by atoms with Crippen molar-refractivity contribution < 1.29 is 13.6 Å². The zero-order valence-corrected chi connectivity index (χ0v) is 12.7. The molecule has 1 aromatic carbocycles. The summed E-state index contributed by atoms with van der Waals surface area (Å²) in [7, 11) is 1.73. The van der Waals surface area contributed by atoms with Crippen LogP contribution in [-0.4, -0.2) is 15.7 Å². The van der Waals surface area contributed by atoms with E-state index in [4.69, 9.17) is 0 Å². The Kier molecular flexibility index (Phi) is 3.47. The van der Waals surface area contributed by atoms with Gasteiger partial charge in [-0.25, -0.2) is 8.78 Å². The maximum absolute atomic E-state index is 14.2. The molecule has 1 aromatic heterocycles. The molecule has 6 heteroatoms. The minimum absolute atomic E-state index is 0.0821. The van der Waals surface area contributed by atoms with Gasteiger partial charge in [0.2, 0.25) is 5.91 Å². The van der Waals surface area contributed by atoms with Crippen molar-refractivity contribution in [1.29, 1.82) is 0 Å². The Morgan fingerprint density at radius 2 is 2.09 bits per heavy atom. The van der Waals surface area contributed by atoms with Crippen LogP contribution in [0.25, 0.3) is 0 Å². The highest BCUT2D eigenvalue weighted by Crippen LogP contribution is 2.42. The minimum Gasteiger partial charge on any atom is -0.311 e. The smallest absolute Gasteiger partial charge is 0.226 e. The summed E-state index contributed by atoms with van der Waals surface area (Å²) in [6, 6.07) is 4.07. The third kappa shape index (κ3) is 2.19. The normalized spacial score (nSPS) is 17.5. The molecule has 0 spiro atoms. The van der Waals surface area contributed by atoms with Crippen molar-refractivity contribution in [2.45, 2.75) is 32.1 Å². The summed E-state index contributed by atoms with van der Waals surface area (Å²) in [6.07, 6.45) is 0.0821. The highest BCUT2D eigenvalue weighted by atomic mass is 19.2. The second-order valence-corrected chi connectivity index (χ2v) is 5.87. The van der Waals surface area contributed by atoms with Gasteiger partial charge in [-0.2, -0.15) is 5.10 Å². The van der Waals surface area contributed by atoms with Crippen molar-refractivity contribution in [2.24, 2.45) is 7.05 Å². The lowest BCUT2D eigenvalue weighted by Gasteiger charge is -2.25. The summed E-state index contributed by atoms with van der Waals surface area (Å²) in [4.78, 5) is 12.0. The molecule has 1 unspecified atom stereocenters. The number of fused-ring (bicyclic) bond motifs is 1. The van der Waals surface area contributed by atoms with Gasteiger partial charge in [-0.15, -0.1) is 0 Å². The Labute approximate surface area is 127 Å². The van der Waals surface area contributed by atoms with E-state index in [9.17, 15) is 13.6 Å². The number of nitrogens with zero attached hydrogens (tertiary/aromatic N) is 2. The number of nitrogens with one attached hydrogen (secondary N) is 1. The Hall–Kier alpha value is -2.24. The van der Waals surface area contributed by atoms with Gasteiger partial charge in [0, 0.05) is 24.9 Å². The predicted octanol–water partition coefficient (Wildman–Crippen LogP) is 3.30. The molecule has 1 amide bonds. The molecule has 0 aliphatic carbocycles. The molecule has 22 heavy (non-hydrogen) atoms. The van der Waals surface area contributed by atoms with E-state index in [0.29, 0.717) is 5.82 Å². The molecule has 1 aliphatic heterocycles. The summed E-state index contributed by atoms with van der Waals surface area (Å²) in [5.74, 6) is -1.87. The first-order chi connectivity index (χ1) is 10.4. The summed E-state index contributed by atoms with van der Waals surface area (Å²) in [6.45, 7) is 3.97. The molecule has 1 atom stereocenters. The van der Waals surface area contributed by atoms with Gasteiger partial charge in [0.05, 0.1) is 5.69 Å². The van der Waals surface area contributed by atoms with Gasteiger partial charge in [0.25, 0.3) is 0 Å². The van der Waals surface area contributed by atoms with Crippen LogP contribution in [-0.2, 0) is 11.8 Å². The summed E-state index contributed by atoms with van der Waals surface area (Å²) < 4.78 is 29.4. The summed E-state index contributed by atoms with van der Waals surface area (Å²) >= 11 is 0. The predicted molar refractivity (Wildman–Crippen MR) is 78.7 cm³/mol. The Morgan fingerprint density at radius 3 is 2.77 bits per heavy atom. The standard InChI is InChI=1S/C16H17F2N3O/c1-8(2)15-13-10(9-5-4-6-11(17)14(9)18)7-12(22)19-16(13)21(3)20-15/h4-6,8,10H,7H2,1-3H3,(H,19,22). The fraction of sp³-hybridized carbons (Fsp3) is 0.375. The van der Waals surface area contributed by atoms with Crippen LogP contribution in [0.15, 0.2) is 18.2 Å². The van der Waals surface area contributed by atoms with Crippen molar-refractivity contribution in [3.63, 3.8) is 0 Å². The number of carbonyl (C=O) groups is 1. The van der Waals surface area contributed by atoms with E-state index in [2.05, 4.69) is 10.4 Å². The first-order valence-electron chi connectivity index (χ1n) is 7.20. The van der Waals surface area contributed by atoms with Crippen molar-refractivity contribution in [1.82, 2.24) is 9.78 Å². The molecule has 1 aliphatic rings. The molecule has 1 N–H and O–H groups in total. The largest absolute Gasteiger partial charge is 0.311 e. The van der Waals surface area contributed by atoms with E-state index >= 15 is 0 Å². The van der Waals surface area contributed by atoms with Gasteiger partial charge in [-0.3, -0.25) is 9.48 Å². The molecular formula is C16H17F2N3O. The lowest BCUT2D eigenvalue weighted by molar-refractivity contribution is -0.116. The molecular weight excluding hydrogens is 288 g/mol. The molecule has 0 bridgehead atoms. The van der Waals surface area contributed by atoms with Gasteiger partial charge >= 0.3 is 0 Å². The number of halogens is 2. The average molecular weight is 305 g/mol. The lowest BCUT2D eigenvalue weighted by Crippen LogP contribution is -2.25. The van der Waals surface area contributed by atoms with Crippen molar-refractivity contribution in [3.8, 4) is 0 Å². The van der Waals surface area contributed by atoms with E-state index in [0.717, 1.165) is 17.3 Å². The SMILES string of the molecule is CC(C)c1nn(C)c2c1C(c1cccc(F)c1F)CC(=O)N2. The molecule has 0 saturated heterocycles. The molecule has 0 fully saturated rings. The summed E-state index contributed by atoms with van der Waals surface area (Å²) in [5, 5.41) is 7.22. The molecule has 0 radical (unpaired) electrons. The molecule has 0 saturated carbocycles. The first kappa shape index (κ1) is 14.7. The van der Waals surface area contributed by atoms with Crippen molar-refractivity contribution >= 4 is 11.7 Å². The number of benzene rings is 1. The number of aromatic nitrogens is 2. The van der Waals surface area contributed by atoms with Crippen LogP contribution < -0.4 is 5.32 Å². The van der Waals surface area contributed by atoms with E-state index in [1.165, 1.54) is 12.1 Å². The first-order valence-corrected chi connectivity index (χ1v) is 7.20. The van der Waals surface area contributed by atoms with Crippen molar-refractivity contribution in [2.75, 3.05) is 5.32 Å². The highest BCUT2D eigenvalue weighted by Gasteiger charge is 2.35. The lowest BCUT2D eigenvalue weighted by atomic mass is 9.83. The van der Waals surface area contributed by atoms with Gasteiger partial charge in [-0.05, 0) is 17.5 Å². The van der Waals surface area contributed by atoms with Gasteiger partial charge in [-0.1, -0.05) is 26.0 Å². The van der Waals surface area contributed by atoms with Crippen LogP contribution in [0, 0.1) is 11.6 Å². The number of amides is 1. The Bertz CT molecular complexity index is 752. The van der Waals surface area contributed by atoms with E-state index in [-0.39, 0.29) is 23.8 Å². The number of hydrogen-bond acceptors (Lipinski definition) is 2. The Balaban J connectivity index is 2.23.